The normalized spacial score (nSPS) is 12.7. The fourth-order valence-electron chi connectivity index (χ4n) is 1.52. The van der Waals surface area contributed by atoms with Gasteiger partial charge in [-0.05, 0) is 35.1 Å². The lowest BCUT2D eigenvalue weighted by atomic mass is 10.2. The Labute approximate surface area is 122 Å². The number of methoxy groups -OCH3 is 1. The number of hydrogen-bond donors (Lipinski definition) is 1. The minimum atomic E-state index is 0.165. The lowest BCUT2D eigenvalue weighted by Gasteiger charge is -2.11. The Balaban J connectivity index is 2.32. The van der Waals surface area contributed by atoms with Crippen molar-refractivity contribution in [2.24, 2.45) is 0 Å². The van der Waals surface area contributed by atoms with E-state index < -0.39 is 0 Å². The van der Waals surface area contributed by atoms with Gasteiger partial charge in [-0.15, -0.1) is 22.7 Å². The number of halogens is 2. The van der Waals surface area contributed by atoms with Gasteiger partial charge < -0.3 is 10.1 Å². The summed E-state index contributed by atoms with van der Waals surface area (Å²) in [5.41, 5.74) is 0. The molecule has 2 nitrogen and oxygen atoms in total. The summed E-state index contributed by atoms with van der Waals surface area (Å²) < 4.78 is 6.93. The highest BCUT2D eigenvalue weighted by Crippen LogP contribution is 2.39. The monoisotopic (exact) mass is 351 g/mol. The Morgan fingerprint density at radius 1 is 1.41 bits per heavy atom. The predicted octanol–water partition coefficient (Wildman–Crippen LogP) is 4.54. The molecule has 92 valence electrons. The van der Waals surface area contributed by atoms with Crippen molar-refractivity contribution < 1.29 is 4.74 Å². The summed E-state index contributed by atoms with van der Waals surface area (Å²) >= 11 is 12.8. The molecule has 6 heteroatoms. The van der Waals surface area contributed by atoms with Crippen LogP contribution in [0.15, 0.2) is 22.0 Å². The van der Waals surface area contributed by atoms with Crippen LogP contribution in [-0.2, 0) is 0 Å². The molecule has 1 unspecified atom stereocenters. The summed E-state index contributed by atoms with van der Waals surface area (Å²) in [5.74, 6) is 0.895. The van der Waals surface area contributed by atoms with Crippen molar-refractivity contribution in [3.63, 3.8) is 0 Å². The Morgan fingerprint density at radius 2 is 2.18 bits per heavy atom. The highest BCUT2D eigenvalue weighted by Gasteiger charge is 2.18. The van der Waals surface area contributed by atoms with Gasteiger partial charge in [-0.2, -0.15) is 0 Å². The quantitative estimate of drug-likeness (QED) is 0.872. The standard InChI is InChI=1S/C11H11BrClNOS2/c1-14-10(8-3-6(15-2)5-16-8)9-4-7(12)11(13)17-9/h3-5,10,14H,1-2H3. The van der Waals surface area contributed by atoms with Gasteiger partial charge in [-0.3, -0.25) is 0 Å². The minimum Gasteiger partial charge on any atom is -0.496 e. The molecular formula is C11H11BrClNOS2. The van der Waals surface area contributed by atoms with Crippen molar-refractivity contribution in [1.82, 2.24) is 5.32 Å². The van der Waals surface area contributed by atoms with Gasteiger partial charge in [0.15, 0.2) is 0 Å². The molecular weight excluding hydrogens is 342 g/mol. The lowest BCUT2D eigenvalue weighted by molar-refractivity contribution is 0.416. The molecule has 0 saturated carbocycles. The number of ether oxygens (including phenoxy) is 1. The van der Waals surface area contributed by atoms with Gasteiger partial charge in [0, 0.05) is 19.6 Å². The zero-order valence-electron chi connectivity index (χ0n) is 9.29. The first-order chi connectivity index (χ1) is 8.15. The molecule has 0 aromatic carbocycles. The van der Waals surface area contributed by atoms with Crippen LogP contribution in [0.2, 0.25) is 4.34 Å². The molecule has 1 atom stereocenters. The van der Waals surface area contributed by atoms with E-state index in [0.29, 0.717) is 0 Å². The van der Waals surface area contributed by atoms with Gasteiger partial charge >= 0.3 is 0 Å². The molecule has 0 saturated heterocycles. The first-order valence-electron chi connectivity index (χ1n) is 4.90. The van der Waals surface area contributed by atoms with E-state index in [2.05, 4.69) is 27.3 Å². The van der Waals surface area contributed by atoms with Crippen LogP contribution in [0.25, 0.3) is 0 Å². The van der Waals surface area contributed by atoms with Crippen LogP contribution >= 0.6 is 50.2 Å². The second-order valence-electron chi connectivity index (χ2n) is 3.38. The van der Waals surface area contributed by atoms with Crippen molar-refractivity contribution in [3.8, 4) is 5.75 Å². The smallest absolute Gasteiger partial charge is 0.129 e. The van der Waals surface area contributed by atoms with Crippen LogP contribution in [0.5, 0.6) is 5.75 Å². The number of thiophene rings is 2. The van der Waals surface area contributed by atoms with Crippen molar-refractivity contribution >= 4 is 50.2 Å². The van der Waals surface area contributed by atoms with E-state index in [0.717, 1.165) is 14.6 Å². The van der Waals surface area contributed by atoms with Crippen LogP contribution in [-0.4, -0.2) is 14.2 Å². The third-order valence-corrected chi connectivity index (χ3v) is 5.87. The zero-order valence-corrected chi connectivity index (χ0v) is 13.3. The highest BCUT2D eigenvalue weighted by atomic mass is 79.9. The molecule has 0 spiro atoms. The first kappa shape index (κ1) is 13.4. The van der Waals surface area contributed by atoms with E-state index in [1.54, 1.807) is 29.8 Å². The van der Waals surface area contributed by atoms with E-state index in [-0.39, 0.29) is 6.04 Å². The number of hydrogen-bond acceptors (Lipinski definition) is 4. The van der Waals surface area contributed by atoms with Crippen LogP contribution < -0.4 is 10.1 Å². The summed E-state index contributed by atoms with van der Waals surface area (Å²) in [7, 11) is 3.62. The van der Waals surface area contributed by atoms with E-state index in [9.17, 15) is 0 Å². The highest BCUT2D eigenvalue weighted by molar-refractivity contribution is 9.10. The van der Waals surface area contributed by atoms with Crippen molar-refractivity contribution in [1.29, 1.82) is 0 Å². The number of nitrogens with one attached hydrogen (secondary N) is 1. The third kappa shape index (κ3) is 2.85. The van der Waals surface area contributed by atoms with Crippen molar-refractivity contribution in [2.75, 3.05) is 14.2 Å². The Bertz CT molecular complexity index is 492. The molecule has 0 bridgehead atoms. The topological polar surface area (TPSA) is 21.3 Å². The molecule has 0 radical (unpaired) electrons. The fourth-order valence-corrected chi connectivity index (χ4v) is 4.44. The molecule has 2 aromatic rings. The van der Waals surface area contributed by atoms with E-state index >= 15 is 0 Å². The maximum absolute atomic E-state index is 6.07. The summed E-state index contributed by atoms with van der Waals surface area (Å²) in [6, 6.07) is 4.27. The summed E-state index contributed by atoms with van der Waals surface area (Å²) in [6.07, 6.45) is 0. The van der Waals surface area contributed by atoms with E-state index in [4.69, 9.17) is 16.3 Å². The zero-order chi connectivity index (χ0) is 12.4. The van der Waals surface area contributed by atoms with Gasteiger partial charge in [0.2, 0.25) is 0 Å². The van der Waals surface area contributed by atoms with Crippen LogP contribution in [0.3, 0.4) is 0 Å². The number of rotatable bonds is 4. The molecule has 2 aromatic heterocycles. The average molecular weight is 353 g/mol. The van der Waals surface area contributed by atoms with Crippen molar-refractivity contribution in [2.45, 2.75) is 6.04 Å². The van der Waals surface area contributed by atoms with Gasteiger partial charge in [-0.1, -0.05) is 11.6 Å². The summed E-state index contributed by atoms with van der Waals surface area (Å²) in [4.78, 5) is 2.41. The Kier molecular flexibility index (Phi) is 4.49. The predicted molar refractivity (Wildman–Crippen MR) is 78.8 cm³/mol. The minimum absolute atomic E-state index is 0.165. The molecule has 2 rings (SSSR count). The van der Waals surface area contributed by atoms with Crippen LogP contribution in [0.1, 0.15) is 15.8 Å². The van der Waals surface area contributed by atoms with Crippen LogP contribution in [0, 0.1) is 0 Å². The second-order valence-corrected chi connectivity index (χ2v) is 6.86. The average Bonchev–Trinajstić information content (AvgIpc) is 2.89. The van der Waals surface area contributed by atoms with Gasteiger partial charge in [0.25, 0.3) is 0 Å². The molecule has 0 aliphatic heterocycles. The lowest BCUT2D eigenvalue weighted by Crippen LogP contribution is -2.14. The van der Waals surface area contributed by atoms with Gasteiger partial charge in [-0.25, -0.2) is 0 Å². The molecule has 1 N–H and O–H groups in total. The molecule has 0 fully saturated rings. The Morgan fingerprint density at radius 3 is 2.65 bits per heavy atom. The first-order valence-corrected chi connectivity index (χ1v) is 7.76. The Hall–Kier alpha value is -0.0700. The molecule has 0 aliphatic rings. The molecule has 2 heterocycles. The molecule has 0 amide bonds. The van der Waals surface area contributed by atoms with Gasteiger partial charge in [0.05, 0.1) is 13.2 Å². The fraction of sp³-hybridized carbons (Fsp3) is 0.273. The third-order valence-electron chi connectivity index (χ3n) is 2.35. The second kappa shape index (κ2) is 5.71. The summed E-state index contributed by atoms with van der Waals surface area (Å²) in [6.45, 7) is 0. The maximum Gasteiger partial charge on any atom is 0.129 e. The van der Waals surface area contributed by atoms with Gasteiger partial charge in [0.1, 0.15) is 10.1 Å². The molecule has 0 aliphatic carbocycles. The van der Waals surface area contributed by atoms with Crippen molar-refractivity contribution in [3.05, 3.63) is 36.1 Å². The summed E-state index contributed by atoms with van der Waals surface area (Å²) in [5, 5.41) is 5.30. The molecule has 17 heavy (non-hydrogen) atoms. The maximum atomic E-state index is 6.07. The SMILES string of the molecule is CNC(c1cc(OC)cs1)c1cc(Br)c(Cl)s1. The largest absolute Gasteiger partial charge is 0.496 e. The van der Waals surface area contributed by atoms with Crippen LogP contribution in [0.4, 0.5) is 0 Å². The van der Waals surface area contributed by atoms with E-state index in [1.807, 2.05) is 18.5 Å². The van der Waals surface area contributed by atoms with E-state index in [1.165, 1.54) is 9.75 Å².